The summed E-state index contributed by atoms with van der Waals surface area (Å²) in [5.41, 5.74) is 10.4. The Kier molecular flexibility index (Phi) is 6.92. The molecule has 9 nitrogen and oxygen atoms in total. The third-order valence-corrected chi connectivity index (χ3v) is 9.99. The minimum Gasteiger partial charge on any atom is -0.383 e. The molecule has 7 rings (SSSR count). The first kappa shape index (κ1) is 27.3. The van der Waals surface area contributed by atoms with Crippen LogP contribution < -0.4 is 15.8 Å². The summed E-state index contributed by atoms with van der Waals surface area (Å²) in [7, 11) is -4.10. The highest BCUT2D eigenvalue weighted by atomic mass is 35.5. The molecule has 0 radical (unpaired) electrons. The number of halogens is 2. The molecule has 2 aliphatic carbocycles. The highest BCUT2D eigenvalue weighted by molar-refractivity contribution is 7.92. The number of hydrogen-bond acceptors (Lipinski definition) is 7. The van der Waals surface area contributed by atoms with Crippen LogP contribution in [-0.2, 0) is 14.8 Å². The Morgan fingerprint density at radius 1 is 1.10 bits per heavy atom. The number of nitrogens with one attached hydrogen (secondary N) is 2. The smallest absolute Gasteiger partial charge is 0.263 e. The van der Waals surface area contributed by atoms with Crippen LogP contribution in [-0.4, -0.2) is 48.5 Å². The number of aromatic nitrogens is 3. The standard InChI is InChI=1S/C30H30ClFN6O3S/c31-23-3-1-2-4-26(23)42(39,40)37-25-12-7-18(13-24(25)32)28-27-29(38(36-28)21-10-11-21)22(14-34-30(27)33)17-5-8-19(9-6-17)35-20-15-41-16-20/h1-5,7,12-14,19-21,35,37H,6,8-11,15-16H2,(H2,33,34)/t19-/m0/s1. The molecule has 2 aromatic heterocycles. The molecule has 2 aromatic carbocycles. The van der Waals surface area contributed by atoms with Crippen LogP contribution in [0.4, 0.5) is 15.9 Å². The summed E-state index contributed by atoms with van der Waals surface area (Å²) in [5, 5.41) is 9.33. The van der Waals surface area contributed by atoms with E-state index in [4.69, 9.17) is 27.2 Å². The van der Waals surface area contributed by atoms with Gasteiger partial charge in [-0.3, -0.25) is 9.40 Å². The van der Waals surface area contributed by atoms with Crippen molar-refractivity contribution in [1.82, 2.24) is 20.1 Å². The van der Waals surface area contributed by atoms with Gasteiger partial charge in [0.2, 0.25) is 0 Å². The van der Waals surface area contributed by atoms with E-state index in [1.54, 1.807) is 18.2 Å². The van der Waals surface area contributed by atoms with Gasteiger partial charge < -0.3 is 15.8 Å². The molecule has 1 saturated heterocycles. The van der Waals surface area contributed by atoms with E-state index in [1.165, 1.54) is 29.8 Å². The monoisotopic (exact) mass is 608 g/mol. The molecule has 0 spiro atoms. The van der Waals surface area contributed by atoms with E-state index < -0.39 is 15.8 Å². The van der Waals surface area contributed by atoms with Gasteiger partial charge in [-0.25, -0.2) is 17.8 Å². The number of rotatable bonds is 8. The fourth-order valence-electron chi connectivity index (χ4n) is 5.72. The predicted octanol–water partition coefficient (Wildman–Crippen LogP) is 5.53. The van der Waals surface area contributed by atoms with E-state index >= 15 is 4.39 Å². The third kappa shape index (κ3) is 5.04. The SMILES string of the molecule is Nc1ncc(C2=CC[C@H](NC3COC3)CC2)c2c1c(-c1ccc(NS(=O)(=O)c3ccccc3Cl)c(F)c1)nn2C1CC1. The minimum absolute atomic E-state index is 0.0470. The van der Waals surface area contributed by atoms with Crippen molar-refractivity contribution in [3.8, 4) is 11.3 Å². The Bertz CT molecular complexity index is 1830. The highest BCUT2D eigenvalue weighted by Crippen LogP contribution is 2.44. The molecule has 2 fully saturated rings. The van der Waals surface area contributed by atoms with Crippen molar-refractivity contribution in [2.45, 2.75) is 55.1 Å². The van der Waals surface area contributed by atoms with Crippen LogP contribution in [0.15, 0.2) is 59.6 Å². The second-order valence-electron chi connectivity index (χ2n) is 11.1. The first-order valence-electron chi connectivity index (χ1n) is 14.1. The Morgan fingerprint density at radius 2 is 1.90 bits per heavy atom. The van der Waals surface area contributed by atoms with Crippen LogP contribution in [0.3, 0.4) is 0 Å². The average Bonchev–Trinajstić information content (AvgIpc) is 3.72. The summed E-state index contributed by atoms with van der Waals surface area (Å²) in [6.45, 7) is 1.54. The van der Waals surface area contributed by atoms with E-state index in [2.05, 4.69) is 21.1 Å². The van der Waals surface area contributed by atoms with Gasteiger partial charge in [-0.2, -0.15) is 5.10 Å². The van der Waals surface area contributed by atoms with Gasteiger partial charge in [0.05, 0.1) is 46.9 Å². The number of sulfonamides is 1. The van der Waals surface area contributed by atoms with E-state index in [-0.39, 0.29) is 21.6 Å². The van der Waals surface area contributed by atoms with Crippen molar-refractivity contribution in [1.29, 1.82) is 0 Å². The van der Waals surface area contributed by atoms with E-state index in [0.29, 0.717) is 34.5 Å². The lowest BCUT2D eigenvalue weighted by Crippen LogP contribution is -2.50. The van der Waals surface area contributed by atoms with Gasteiger partial charge in [0.25, 0.3) is 10.0 Å². The number of nitrogens with zero attached hydrogens (tertiary/aromatic N) is 3. The molecule has 218 valence electrons. The lowest BCUT2D eigenvalue weighted by atomic mass is 9.89. The zero-order chi connectivity index (χ0) is 29.0. The van der Waals surface area contributed by atoms with Crippen molar-refractivity contribution >= 4 is 49.6 Å². The minimum atomic E-state index is -4.10. The summed E-state index contributed by atoms with van der Waals surface area (Å²) in [6.07, 6.45) is 8.93. The van der Waals surface area contributed by atoms with Crippen molar-refractivity contribution in [3.63, 3.8) is 0 Å². The molecule has 3 heterocycles. The van der Waals surface area contributed by atoms with E-state index in [1.807, 2.05) is 10.9 Å². The normalized spacial score (nSPS) is 19.5. The highest BCUT2D eigenvalue weighted by Gasteiger charge is 2.32. The molecular weight excluding hydrogens is 579 g/mol. The molecule has 0 unspecified atom stereocenters. The molecule has 4 aromatic rings. The van der Waals surface area contributed by atoms with Gasteiger partial charge in [-0.1, -0.05) is 35.9 Å². The molecule has 0 amide bonds. The zero-order valence-electron chi connectivity index (χ0n) is 22.7. The predicted molar refractivity (Wildman–Crippen MR) is 161 cm³/mol. The Balaban J connectivity index is 1.24. The topological polar surface area (TPSA) is 124 Å². The first-order valence-corrected chi connectivity index (χ1v) is 15.9. The van der Waals surface area contributed by atoms with Gasteiger partial charge in [-0.05, 0) is 61.9 Å². The van der Waals surface area contributed by atoms with Crippen LogP contribution >= 0.6 is 11.6 Å². The number of nitrogens with two attached hydrogens (primary N) is 1. The van der Waals surface area contributed by atoms with Crippen molar-refractivity contribution in [2.75, 3.05) is 23.7 Å². The molecule has 12 heteroatoms. The number of anilines is 2. The van der Waals surface area contributed by atoms with Gasteiger partial charge in [0.15, 0.2) is 0 Å². The Hall–Kier alpha value is -3.51. The van der Waals surface area contributed by atoms with Crippen molar-refractivity contribution < 1.29 is 17.5 Å². The van der Waals surface area contributed by atoms with Crippen LogP contribution in [0.5, 0.6) is 0 Å². The third-order valence-electron chi connectivity index (χ3n) is 8.13. The number of allylic oxidation sites excluding steroid dienone is 1. The summed E-state index contributed by atoms with van der Waals surface area (Å²) in [5.74, 6) is -0.425. The maximum absolute atomic E-state index is 15.4. The molecular formula is C30H30ClFN6O3S. The quantitative estimate of drug-likeness (QED) is 0.240. The van der Waals surface area contributed by atoms with Gasteiger partial charge in [-0.15, -0.1) is 0 Å². The van der Waals surface area contributed by atoms with E-state index in [9.17, 15) is 8.42 Å². The van der Waals surface area contributed by atoms with Crippen LogP contribution in [0.25, 0.3) is 27.7 Å². The van der Waals surface area contributed by atoms with E-state index in [0.717, 1.165) is 56.4 Å². The number of pyridine rings is 1. The number of nitrogen functional groups attached to an aromatic ring is 1. The number of benzene rings is 2. The van der Waals surface area contributed by atoms with Crippen LogP contribution in [0, 0.1) is 5.82 Å². The first-order chi connectivity index (χ1) is 20.3. The summed E-state index contributed by atoms with van der Waals surface area (Å²) < 4.78 is 50.8. The Labute approximate surface area is 248 Å². The van der Waals surface area contributed by atoms with Crippen molar-refractivity contribution in [2.24, 2.45) is 0 Å². The summed E-state index contributed by atoms with van der Waals surface area (Å²) >= 11 is 6.07. The summed E-state index contributed by atoms with van der Waals surface area (Å²) in [4.78, 5) is 4.40. The fourth-order valence-corrected chi connectivity index (χ4v) is 7.31. The molecule has 1 atom stereocenters. The summed E-state index contributed by atoms with van der Waals surface area (Å²) in [6, 6.07) is 11.4. The zero-order valence-corrected chi connectivity index (χ0v) is 24.3. The molecule has 42 heavy (non-hydrogen) atoms. The molecule has 1 saturated carbocycles. The lowest BCUT2D eigenvalue weighted by Gasteiger charge is -2.33. The number of hydrogen-bond donors (Lipinski definition) is 3. The maximum Gasteiger partial charge on any atom is 0.263 e. The number of fused-ring (bicyclic) bond motifs is 1. The van der Waals surface area contributed by atoms with Crippen LogP contribution in [0.1, 0.15) is 43.7 Å². The largest absolute Gasteiger partial charge is 0.383 e. The van der Waals surface area contributed by atoms with Gasteiger partial charge in [0.1, 0.15) is 22.2 Å². The fraction of sp³-hybridized carbons (Fsp3) is 0.333. The maximum atomic E-state index is 15.4. The molecule has 3 aliphatic rings. The second-order valence-corrected chi connectivity index (χ2v) is 13.2. The van der Waals surface area contributed by atoms with Gasteiger partial charge in [0, 0.05) is 23.4 Å². The lowest BCUT2D eigenvalue weighted by molar-refractivity contribution is -0.0103. The Morgan fingerprint density at radius 3 is 2.57 bits per heavy atom. The number of ether oxygens (including phenoxy) is 1. The average molecular weight is 609 g/mol. The molecule has 1 aliphatic heterocycles. The van der Waals surface area contributed by atoms with Crippen LogP contribution in [0.2, 0.25) is 5.02 Å². The van der Waals surface area contributed by atoms with Crippen molar-refractivity contribution in [3.05, 3.63) is 71.1 Å². The second kappa shape index (κ2) is 10.6. The molecule has 0 bridgehead atoms. The van der Waals surface area contributed by atoms with Gasteiger partial charge >= 0.3 is 0 Å². The molecule has 4 N–H and O–H groups in total.